The fourth-order valence-corrected chi connectivity index (χ4v) is 2.07. The topological polar surface area (TPSA) is 23.6 Å². The standard InChI is InChI=1S/C13H24N2O/c1-4-12-7-5-10-15(11-12)13(16)8-6-9-14(2)3/h6,8,12H,4-5,7,9-11H2,1-3H3/b8-6+/t12-/m0/s1. The van der Waals surface area contributed by atoms with Crippen LogP contribution in [0.2, 0.25) is 0 Å². The van der Waals surface area contributed by atoms with Crippen molar-refractivity contribution >= 4 is 5.91 Å². The summed E-state index contributed by atoms with van der Waals surface area (Å²) in [5, 5.41) is 0. The number of hydrogen-bond acceptors (Lipinski definition) is 2. The van der Waals surface area contributed by atoms with Crippen LogP contribution in [-0.4, -0.2) is 49.4 Å². The lowest BCUT2D eigenvalue weighted by atomic mass is 9.95. The zero-order valence-corrected chi connectivity index (χ0v) is 10.8. The van der Waals surface area contributed by atoms with E-state index in [0.717, 1.165) is 26.1 Å². The summed E-state index contributed by atoms with van der Waals surface area (Å²) in [6, 6.07) is 0. The van der Waals surface area contributed by atoms with Crippen molar-refractivity contribution in [1.29, 1.82) is 0 Å². The molecule has 1 amide bonds. The molecular formula is C13H24N2O. The Morgan fingerprint density at radius 3 is 2.88 bits per heavy atom. The van der Waals surface area contributed by atoms with Gasteiger partial charge in [0.05, 0.1) is 0 Å². The molecule has 1 aliphatic heterocycles. The van der Waals surface area contributed by atoms with Gasteiger partial charge in [0.15, 0.2) is 0 Å². The average Bonchev–Trinajstić information content (AvgIpc) is 2.28. The SMILES string of the molecule is CC[C@H]1CCCN(C(=O)/C=C/CN(C)C)C1. The minimum absolute atomic E-state index is 0.181. The van der Waals surface area contributed by atoms with E-state index in [2.05, 4.69) is 11.8 Å². The van der Waals surface area contributed by atoms with Crippen molar-refractivity contribution in [2.24, 2.45) is 5.92 Å². The Morgan fingerprint density at radius 1 is 1.50 bits per heavy atom. The summed E-state index contributed by atoms with van der Waals surface area (Å²) in [6.07, 6.45) is 7.29. The minimum Gasteiger partial charge on any atom is -0.339 e. The van der Waals surface area contributed by atoms with Gasteiger partial charge >= 0.3 is 0 Å². The van der Waals surface area contributed by atoms with Gasteiger partial charge in [0.25, 0.3) is 0 Å². The molecule has 0 radical (unpaired) electrons. The minimum atomic E-state index is 0.181. The number of rotatable bonds is 4. The Labute approximate surface area is 99.1 Å². The van der Waals surface area contributed by atoms with Crippen LogP contribution >= 0.6 is 0 Å². The Balaban J connectivity index is 2.38. The Hall–Kier alpha value is -0.830. The maximum Gasteiger partial charge on any atom is 0.246 e. The molecule has 1 fully saturated rings. The summed E-state index contributed by atoms with van der Waals surface area (Å²) in [5.74, 6) is 0.889. The van der Waals surface area contributed by atoms with E-state index in [9.17, 15) is 4.79 Å². The molecule has 0 aromatic carbocycles. The summed E-state index contributed by atoms with van der Waals surface area (Å²) >= 11 is 0. The van der Waals surface area contributed by atoms with Crippen molar-refractivity contribution in [1.82, 2.24) is 9.80 Å². The molecule has 1 saturated heterocycles. The summed E-state index contributed by atoms with van der Waals surface area (Å²) in [4.78, 5) is 15.9. The fraction of sp³-hybridized carbons (Fsp3) is 0.769. The highest BCUT2D eigenvalue weighted by Crippen LogP contribution is 2.19. The first kappa shape index (κ1) is 13.2. The summed E-state index contributed by atoms with van der Waals surface area (Å²) in [7, 11) is 4.01. The second kappa shape index (κ2) is 6.69. The molecule has 16 heavy (non-hydrogen) atoms. The molecule has 3 nitrogen and oxygen atoms in total. The zero-order valence-electron chi connectivity index (χ0n) is 10.8. The van der Waals surface area contributed by atoms with E-state index in [1.54, 1.807) is 6.08 Å². The van der Waals surface area contributed by atoms with E-state index < -0.39 is 0 Å². The highest BCUT2D eigenvalue weighted by atomic mass is 16.2. The van der Waals surface area contributed by atoms with Gasteiger partial charge in [-0.25, -0.2) is 0 Å². The molecule has 1 atom stereocenters. The van der Waals surface area contributed by atoms with Crippen LogP contribution in [0.1, 0.15) is 26.2 Å². The van der Waals surface area contributed by atoms with Gasteiger partial charge in [0.2, 0.25) is 5.91 Å². The lowest BCUT2D eigenvalue weighted by Crippen LogP contribution is -2.38. The van der Waals surface area contributed by atoms with Crippen LogP contribution in [0.15, 0.2) is 12.2 Å². The van der Waals surface area contributed by atoms with Crippen molar-refractivity contribution in [2.75, 3.05) is 33.7 Å². The maximum absolute atomic E-state index is 11.9. The Morgan fingerprint density at radius 2 is 2.25 bits per heavy atom. The number of likely N-dealkylation sites (N-methyl/N-ethyl adjacent to an activating group) is 1. The van der Waals surface area contributed by atoms with Crippen LogP contribution in [0.5, 0.6) is 0 Å². The van der Waals surface area contributed by atoms with Gasteiger partial charge in [-0.2, -0.15) is 0 Å². The third kappa shape index (κ3) is 4.35. The molecule has 1 rings (SSSR count). The normalized spacial score (nSPS) is 22.0. The number of piperidine rings is 1. The zero-order chi connectivity index (χ0) is 12.0. The molecule has 3 heteroatoms. The van der Waals surface area contributed by atoms with Gasteiger partial charge in [0.1, 0.15) is 0 Å². The number of carbonyl (C=O) groups excluding carboxylic acids is 1. The number of nitrogens with zero attached hydrogens (tertiary/aromatic N) is 2. The van der Waals surface area contributed by atoms with E-state index in [1.807, 2.05) is 25.1 Å². The predicted octanol–water partition coefficient (Wildman–Crippen LogP) is 1.75. The monoisotopic (exact) mass is 224 g/mol. The second-order valence-electron chi connectivity index (χ2n) is 4.87. The smallest absolute Gasteiger partial charge is 0.246 e. The number of hydrogen-bond donors (Lipinski definition) is 0. The Kier molecular flexibility index (Phi) is 5.53. The van der Waals surface area contributed by atoms with Crippen molar-refractivity contribution in [2.45, 2.75) is 26.2 Å². The van der Waals surface area contributed by atoms with Crippen LogP contribution in [0, 0.1) is 5.92 Å². The summed E-state index contributed by atoms with van der Waals surface area (Å²) in [5.41, 5.74) is 0. The first-order valence-corrected chi connectivity index (χ1v) is 6.23. The predicted molar refractivity (Wildman–Crippen MR) is 67.3 cm³/mol. The van der Waals surface area contributed by atoms with E-state index in [-0.39, 0.29) is 5.91 Å². The first-order valence-electron chi connectivity index (χ1n) is 6.23. The first-order chi connectivity index (χ1) is 7.63. The van der Waals surface area contributed by atoms with Crippen molar-refractivity contribution in [3.63, 3.8) is 0 Å². The van der Waals surface area contributed by atoms with Crippen molar-refractivity contribution in [3.05, 3.63) is 12.2 Å². The van der Waals surface area contributed by atoms with Crippen molar-refractivity contribution < 1.29 is 4.79 Å². The second-order valence-corrected chi connectivity index (χ2v) is 4.87. The molecule has 0 aliphatic carbocycles. The molecule has 92 valence electrons. The Bertz CT molecular complexity index is 248. The van der Waals surface area contributed by atoms with Gasteiger partial charge < -0.3 is 9.80 Å². The molecular weight excluding hydrogens is 200 g/mol. The molecule has 1 heterocycles. The quantitative estimate of drug-likeness (QED) is 0.679. The van der Waals surface area contributed by atoms with Crippen LogP contribution in [0.4, 0.5) is 0 Å². The lowest BCUT2D eigenvalue weighted by molar-refractivity contribution is -0.127. The maximum atomic E-state index is 11.9. The third-order valence-corrected chi connectivity index (χ3v) is 3.14. The van der Waals surface area contributed by atoms with Gasteiger partial charge in [-0.3, -0.25) is 4.79 Å². The van der Waals surface area contributed by atoms with Crippen LogP contribution in [0.3, 0.4) is 0 Å². The number of carbonyl (C=O) groups is 1. The van der Waals surface area contributed by atoms with Gasteiger partial charge in [0, 0.05) is 25.7 Å². The average molecular weight is 224 g/mol. The van der Waals surface area contributed by atoms with E-state index in [0.29, 0.717) is 5.92 Å². The van der Waals surface area contributed by atoms with Crippen LogP contribution in [0.25, 0.3) is 0 Å². The molecule has 0 saturated carbocycles. The third-order valence-electron chi connectivity index (χ3n) is 3.14. The van der Waals surface area contributed by atoms with Crippen LogP contribution in [-0.2, 0) is 4.79 Å². The molecule has 0 spiro atoms. The summed E-state index contributed by atoms with van der Waals surface area (Å²) in [6.45, 7) is 4.92. The highest BCUT2D eigenvalue weighted by molar-refractivity contribution is 5.87. The van der Waals surface area contributed by atoms with Gasteiger partial charge in [-0.05, 0) is 32.9 Å². The van der Waals surface area contributed by atoms with E-state index >= 15 is 0 Å². The van der Waals surface area contributed by atoms with Crippen LogP contribution < -0.4 is 0 Å². The number of likely N-dealkylation sites (tertiary alicyclic amines) is 1. The van der Waals surface area contributed by atoms with Gasteiger partial charge in [-0.1, -0.05) is 19.4 Å². The van der Waals surface area contributed by atoms with Gasteiger partial charge in [-0.15, -0.1) is 0 Å². The molecule has 0 aromatic heterocycles. The number of amides is 1. The fourth-order valence-electron chi connectivity index (χ4n) is 2.07. The molecule has 1 aliphatic rings. The lowest BCUT2D eigenvalue weighted by Gasteiger charge is -2.31. The van der Waals surface area contributed by atoms with Crippen molar-refractivity contribution in [3.8, 4) is 0 Å². The molecule has 0 unspecified atom stereocenters. The van der Waals surface area contributed by atoms with E-state index in [1.165, 1.54) is 12.8 Å². The molecule has 0 aromatic rings. The van der Waals surface area contributed by atoms with E-state index in [4.69, 9.17) is 0 Å². The summed E-state index contributed by atoms with van der Waals surface area (Å²) < 4.78 is 0. The molecule has 0 N–H and O–H groups in total. The molecule has 0 bridgehead atoms. The largest absolute Gasteiger partial charge is 0.339 e. The highest BCUT2D eigenvalue weighted by Gasteiger charge is 2.20.